The van der Waals surface area contributed by atoms with Gasteiger partial charge in [0, 0.05) is 12.6 Å². The standard InChI is InChI=1S/C10H13N3OS/c11-3-1-4-12-9-6-8(14)10-7(13-9)2-5-15-10/h2,5-6H,1,3-4,11H2,(H2,12,13,14). The van der Waals surface area contributed by atoms with Gasteiger partial charge in [-0.1, -0.05) is 0 Å². The van der Waals surface area contributed by atoms with Gasteiger partial charge >= 0.3 is 0 Å². The number of anilines is 1. The van der Waals surface area contributed by atoms with Crippen molar-refractivity contribution in [1.82, 2.24) is 4.98 Å². The average molecular weight is 223 g/mol. The highest BCUT2D eigenvalue weighted by Gasteiger charge is 2.01. The van der Waals surface area contributed by atoms with E-state index in [2.05, 4.69) is 10.3 Å². The fourth-order valence-corrected chi connectivity index (χ4v) is 2.16. The molecule has 0 unspecified atom stereocenters. The smallest absolute Gasteiger partial charge is 0.201 e. The Morgan fingerprint density at radius 3 is 3.20 bits per heavy atom. The zero-order valence-corrected chi connectivity index (χ0v) is 9.06. The minimum absolute atomic E-state index is 0.0639. The van der Waals surface area contributed by atoms with Gasteiger partial charge in [-0.2, -0.15) is 0 Å². The maximum absolute atomic E-state index is 11.6. The molecule has 0 bridgehead atoms. The lowest BCUT2D eigenvalue weighted by molar-refractivity contribution is 0.871. The Labute approximate surface area is 91.1 Å². The first-order valence-electron chi connectivity index (χ1n) is 4.86. The summed E-state index contributed by atoms with van der Waals surface area (Å²) < 4.78 is 0.777. The summed E-state index contributed by atoms with van der Waals surface area (Å²) in [5.41, 5.74) is 6.34. The maximum atomic E-state index is 11.6. The van der Waals surface area contributed by atoms with Crippen LogP contribution in [0.1, 0.15) is 6.42 Å². The summed E-state index contributed by atoms with van der Waals surface area (Å²) in [5.74, 6) is 0.763. The molecule has 5 heteroatoms. The fraction of sp³-hybridized carbons (Fsp3) is 0.300. The normalized spacial score (nSPS) is 10.7. The molecule has 0 fully saturated rings. The van der Waals surface area contributed by atoms with Crippen LogP contribution in [0.25, 0.3) is 10.2 Å². The van der Waals surface area contributed by atoms with Crippen molar-refractivity contribution >= 4 is 27.4 Å². The summed E-state index contributed by atoms with van der Waals surface area (Å²) >= 11 is 1.46. The molecule has 0 aliphatic rings. The van der Waals surface area contributed by atoms with E-state index in [1.807, 2.05) is 11.4 Å². The molecule has 0 atom stereocenters. The molecule has 0 saturated heterocycles. The van der Waals surface area contributed by atoms with E-state index in [-0.39, 0.29) is 5.43 Å². The Morgan fingerprint density at radius 2 is 2.40 bits per heavy atom. The highest BCUT2D eigenvalue weighted by atomic mass is 32.1. The van der Waals surface area contributed by atoms with Gasteiger partial charge in [0.25, 0.3) is 0 Å². The van der Waals surface area contributed by atoms with Crippen LogP contribution in [0, 0.1) is 0 Å². The largest absolute Gasteiger partial charge is 0.371 e. The van der Waals surface area contributed by atoms with Crippen LogP contribution in [0.2, 0.25) is 0 Å². The topological polar surface area (TPSA) is 70.9 Å². The summed E-state index contributed by atoms with van der Waals surface area (Å²) in [6, 6.07) is 3.50. The minimum atomic E-state index is 0.0639. The SMILES string of the molecule is NCCCNc1cc(=O)c2sccc2[nH]1. The van der Waals surface area contributed by atoms with Crippen LogP contribution in [0.3, 0.4) is 0 Å². The zero-order valence-electron chi connectivity index (χ0n) is 8.25. The molecule has 4 N–H and O–H groups in total. The number of hydrogen-bond acceptors (Lipinski definition) is 4. The van der Waals surface area contributed by atoms with Gasteiger partial charge in [-0.05, 0) is 24.4 Å². The van der Waals surface area contributed by atoms with Crippen molar-refractivity contribution in [3.05, 3.63) is 27.7 Å². The molecule has 0 aliphatic heterocycles. The van der Waals surface area contributed by atoms with Crippen LogP contribution in [-0.4, -0.2) is 18.1 Å². The highest BCUT2D eigenvalue weighted by molar-refractivity contribution is 7.17. The average Bonchev–Trinajstić information content (AvgIpc) is 2.66. The van der Waals surface area contributed by atoms with Gasteiger partial charge in [0.2, 0.25) is 5.43 Å². The third-order valence-corrected chi connectivity index (χ3v) is 3.06. The number of pyridine rings is 1. The number of fused-ring (bicyclic) bond motifs is 1. The third-order valence-electron chi connectivity index (χ3n) is 2.13. The number of aromatic nitrogens is 1. The number of thiophene rings is 1. The number of aromatic amines is 1. The number of nitrogens with two attached hydrogens (primary N) is 1. The molecule has 2 aromatic heterocycles. The van der Waals surface area contributed by atoms with Crippen molar-refractivity contribution in [3.8, 4) is 0 Å². The lowest BCUT2D eigenvalue weighted by Crippen LogP contribution is -2.11. The fourth-order valence-electron chi connectivity index (χ4n) is 1.40. The molecule has 4 nitrogen and oxygen atoms in total. The van der Waals surface area contributed by atoms with Crippen molar-refractivity contribution in [1.29, 1.82) is 0 Å². The summed E-state index contributed by atoms with van der Waals surface area (Å²) in [7, 11) is 0. The van der Waals surface area contributed by atoms with Crippen molar-refractivity contribution < 1.29 is 0 Å². The Hall–Kier alpha value is -1.33. The lowest BCUT2D eigenvalue weighted by atomic mass is 10.3. The molecule has 0 aromatic carbocycles. The number of rotatable bonds is 4. The Morgan fingerprint density at radius 1 is 1.53 bits per heavy atom. The van der Waals surface area contributed by atoms with Crippen LogP contribution in [-0.2, 0) is 0 Å². The van der Waals surface area contributed by atoms with E-state index in [0.717, 1.165) is 29.0 Å². The second-order valence-electron chi connectivity index (χ2n) is 3.28. The first kappa shape index (κ1) is 10.2. The quantitative estimate of drug-likeness (QED) is 0.685. The third kappa shape index (κ3) is 2.19. The molecule has 0 saturated carbocycles. The van der Waals surface area contributed by atoms with E-state index < -0.39 is 0 Å². The first-order valence-corrected chi connectivity index (χ1v) is 5.73. The van der Waals surface area contributed by atoms with Crippen molar-refractivity contribution in [2.24, 2.45) is 5.73 Å². The van der Waals surface area contributed by atoms with Gasteiger partial charge in [-0.25, -0.2) is 0 Å². The van der Waals surface area contributed by atoms with Gasteiger partial charge in [0.05, 0.1) is 10.2 Å². The molecule has 0 amide bonds. The van der Waals surface area contributed by atoms with E-state index in [9.17, 15) is 4.79 Å². The predicted molar refractivity (Wildman–Crippen MR) is 64.6 cm³/mol. The molecule has 2 aromatic rings. The van der Waals surface area contributed by atoms with E-state index in [1.54, 1.807) is 6.07 Å². The summed E-state index contributed by atoms with van der Waals surface area (Å²) in [5, 5.41) is 5.05. The second-order valence-corrected chi connectivity index (χ2v) is 4.20. The highest BCUT2D eigenvalue weighted by Crippen LogP contribution is 2.16. The van der Waals surface area contributed by atoms with E-state index >= 15 is 0 Å². The van der Waals surface area contributed by atoms with E-state index in [1.165, 1.54) is 11.3 Å². The maximum Gasteiger partial charge on any atom is 0.201 e. The van der Waals surface area contributed by atoms with Crippen LogP contribution in [0.4, 0.5) is 5.82 Å². The van der Waals surface area contributed by atoms with Crippen molar-refractivity contribution in [2.75, 3.05) is 18.4 Å². The minimum Gasteiger partial charge on any atom is -0.371 e. The Balaban J connectivity index is 2.25. The number of hydrogen-bond donors (Lipinski definition) is 3. The second kappa shape index (κ2) is 4.46. The summed E-state index contributed by atoms with van der Waals surface area (Å²) in [6.07, 6.45) is 0.893. The van der Waals surface area contributed by atoms with Crippen LogP contribution in [0.15, 0.2) is 22.3 Å². The Bertz CT molecular complexity index is 503. The number of H-pyrrole nitrogens is 1. The lowest BCUT2D eigenvalue weighted by Gasteiger charge is -2.04. The van der Waals surface area contributed by atoms with Gasteiger partial charge in [-0.3, -0.25) is 4.79 Å². The van der Waals surface area contributed by atoms with Crippen LogP contribution >= 0.6 is 11.3 Å². The molecule has 2 heterocycles. The summed E-state index contributed by atoms with van der Waals surface area (Å²) in [4.78, 5) is 14.8. The first-order chi connectivity index (χ1) is 7.31. The van der Waals surface area contributed by atoms with Gasteiger partial charge in [0.1, 0.15) is 5.82 Å². The van der Waals surface area contributed by atoms with Gasteiger partial charge < -0.3 is 16.0 Å². The van der Waals surface area contributed by atoms with Crippen LogP contribution in [0.5, 0.6) is 0 Å². The monoisotopic (exact) mass is 223 g/mol. The Kier molecular flexibility index (Phi) is 3.03. The molecule has 0 aliphatic carbocycles. The molecular weight excluding hydrogens is 210 g/mol. The molecule has 15 heavy (non-hydrogen) atoms. The zero-order chi connectivity index (χ0) is 10.7. The van der Waals surface area contributed by atoms with E-state index in [0.29, 0.717) is 6.54 Å². The predicted octanol–water partition coefficient (Wildman–Crippen LogP) is 1.35. The van der Waals surface area contributed by atoms with Crippen molar-refractivity contribution in [2.45, 2.75) is 6.42 Å². The van der Waals surface area contributed by atoms with Gasteiger partial charge in [-0.15, -0.1) is 11.3 Å². The molecular formula is C10H13N3OS. The van der Waals surface area contributed by atoms with Crippen LogP contribution < -0.4 is 16.5 Å². The number of nitrogens with one attached hydrogen (secondary N) is 2. The molecule has 0 spiro atoms. The summed E-state index contributed by atoms with van der Waals surface area (Å²) in [6.45, 7) is 1.43. The molecule has 0 radical (unpaired) electrons. The molecule has 80 valence electrons. The van der Waals surface area contributed by atoms with Gasteiger partial charge in [0.15, 0.2) is 0 Å². The van der Waals surface area contributed by atoms with Crippen molar-refractivity contribution in [3.63, 3.8) is 0 Å². The molecule has 2 rings (SSSR count). The van der Waals surface area contributed by atoms with E-state index in [4.69, 9.17) is 5.73 Å².